The standard InChI is InChI=1S/C20H30N2O3/c1-20(2,3)25-19(24)21-12-9-18(23)22-13-10-17(11-14-22)15-16-7-5-4-6-8-16/h4-8,17H,9-15H2,1-3H3,(H,21,24). The number of nitrogens with one attached hydrogen (secondary N) is 1. The van der Waals surface area contributed by atoms with Gasteiger partial charge in [-0.25, -0.2) is 4.79 Å². The van der Waals surface area contributed by atoms with E-state index in [9.17, 15) is 9.59 Å². The number of rotatable bonds is 5. The number of ether oxygens (including phenoxy) is 1. The highest BCUT2D eigenvalue weighted by Gasteiger charge is 2.23. The summed E-state index contributed by atoms with van der Waals surface area (Å²) in [4.78, 5) is 25.8. The van der Waals surface area contributed by atoms with Crippen LogP contribution in [0.4, 0.5) is 4.79 Å². The lowest BCUT2D eigenvalue weighted by molar-refractivity contribution is -0.132. The fourth-order valence-electron chi connectivity index (χ4n) is 3.08. The highest BCUT2D eigenvalue weighted by molar-refractivity contribution is 5.77. The molecule has 138 valence electrons. The van der Waals surface area contributed by atoms with Crippen LogP contribution < -0.4 is 5.32 Å². The van der Waals surface area contributed by atoms with Crippen molar-refractivity contribution in [2.24, 2.45) is 5.92 Å². The molecule has 0 aromatic heterocycles. The molecule has 0 radical (unpaired) electrons. The number of nitrogens with zero attached hydrogens (tertiary/aromatic N) is 1. The van der Waals surface area contributed by atoms with E-state index in [2.05, 4.69) is 29.6 Å². The quantitative estimate of drug-likeness (QED) is 0.889. The van der Waals surface area contributed by atoms with Crippen LogP contribution in [0.25, 0.3) is 0 Å². The fraction of sp³-hybridized carbons (Fsp3) is 0.600. The molecule has 0 saturated carbocycles. The number of piperidine rings is 1. The van der Waals surface area contributed by atoms with Crippen LogP contribution in [0.3, 0.4) is 0 Å². The van der Waals surface area contributed by atoms with E-state index >= 15 is 0 Å². The Morgan fingerprint density at radius 3 is 2.40 bits per heavy atom. The molecule has 1 aliphatic heterocycles. The summed E-state index contributed by atoms with van der Waals surface area (Å²) >= 11 is 0. The first kappa shape index (κ1) is 19.3. The molecule has 25 heavy (non-hydrogen) atoms. The monoisotopic (exact) mass is 346 g/mol. The summed E-state index contributed by atoms with van der Waals surface area (Å²) in [6.45, 7) is 7.38. The van der Waals surface area contributed by atoms with Crippen LogP contribution in [0.1, 0.15) is 45.6 Å². The Labute approximate surface area is 150 Å². The van der Waals surface area contributed by atoms with Gasteiger partial charge in [-0.2, -0.15) is 0 Å². The van der Waals surface area contributed by atoms with E-state index < -0.39 is 11.7 Å². The zero-order valence-electron chi connectivity index (χ0n) is 15.6. The summed E-state index contributed by atoms with van der Waals surface area (Å²) in [7, 11) is 0. The van der Waals surface area contributed by atoms with E-state index in [1.54, 1.807) is 0 Å². The van der Waals surface area contributed by atoms with Crippen molar-refractivity contribution in [2.75, 3.05) is 19.6 Å². The second kappa shape index (κ2) is 8.88. The molecule has 5 heteroatoms. The maximum Gasteiger partial charge on any atom is 0.407 e. The molecule has 1 heterocycles. The smallest absolute Gasteiger partial charge is 0.407 e. The number of carbonyl (C=O) groups is 2. The lowest BCUT2D eigenvalue weighted by Crippen LogP contribution is -2.41. The Kier molecular flexibility index (Phi) is 6.85. The van der Waals surface area contributed by atoms with Gasteiger partial charge in [-0.3, -0.25) is 4.79 Å². The third-order valence-corrected chi connectivity index (χ3v) is 4.34. The number of alkyl carbamates (subject to hydrolysis) is 1. The minimum atomic E-state index is -0.519. The van der Waals surface area contributed by atoms with Gasteiger partial charge in [0.2, 0.25) is 5.91 Å². The molecule has 0 aliphatic carbocycles. The van der Waals surface area contributed by atoms with Gasteiger partial charge >= 0.3 is 6.09 Å². The molecule has 5 nitrogen and oxygen atoms in total. The second-order valence-corrected chi connectivity index (χ2v) is 7.69. The van der Waals surface area contributed by atoms with Gasteiger partial charge in [-0.05, 0) is 51.5 Å². The van der Waals surface area contributed by atoms with Gasteiger partial charge in [0.25, 0.3) is 0 Å². The molecule has 1 aromatic rings. The molecular weight excluding hydrogens is 316 g/mol. The molecule has 2 amide bonds. The van der Waals surface area contributed by atoms with E-state index in [1.165, 1.54) is 5.56 Å². The number of hydrogen-bond acceptors (Lipinski definition) is 3. The van der Waals surface area contributed by atoms with Crippen molar-refractivity contribution in [3.63, 3.8) is 0 Å². The van der Waals surface area contributed by atoms with E-state index in [4.69, 9.17) is 4.74 Å². The maximum atomic E-state index is 12.3. The average Bonchev–Trinajstić information content (AvgIpc) is 2.54. The van der Waals surface area contributed by atoms with Crippen molar-refractivity contribution < 1.29 is 14.3 Å². The number of hydrogen-bond donors (Lipinski definition) is 1. The summed E-state index contributed by atoms with van der Waals surface area (Å²) in [5, 5.41) is 2.64. The first-order chi connectivity index (χ1) is 11.8. The first-order valence-corrected chi connectivity index (χ1v) is 9.12. The Balaban J connectivity index is 1.65. The molecule has 1 aromatic carbocycles. The van der Waals surface area contributed by atoms with Crippen LogP contribution in [0.15, 0.2) is 30.3 Å². The second-order valence-electron chi connectivity index (χ2n) is 7.69. The summed E-state index contributed by atoms with van der Waals surface area (Å²) < 4.78 is 5.16. The van der Waals surface area contributed by atoms with Gasteiger partial charge in [0, 0.05) is 26.1 Å². The molecule has 0 atom stereocenters. The number of amides is 2. The average molecular weight is 346 g/mol. The molecule has 0 bridgehead atoms. The molecule has 0 unspecified atom stereocenters. The molecule has 1 fully saturated rings. The fourth-order valence-corrected chi connectivity index (χ4v) is 3.08. The molecule has 0 spiro atoms. The molecule has 2 rings (SSSR count). The SMILES string of the molecule is CC(C)(C)OC(=O)NCCC(=O)N1CCC(Cc2ccccc2)CC1. The lowest BCUT2D eigenvalue weighted by atomic mass is 9.90. The van der Waals surface area contributed by atoms with Crippen molar-refractivity contribution in [1.82, 2.24) is 10.2 Å². The highest BCUT2D eigenvalue weighted by atomic mass is 16.6. The zero-order valence-corrected chi connectivity index (χ0v) is 15.6. The van der Waals surface area contributed by atoms with E-state index in [0.717, 1.165) is 32.4 Å². The summed E-state index contributed by atoms with van der Waals surface area (Å²) in [5.41, 5.74) is 0.850. The van der Waals surface area contributed by atoms with Crippen LogP contribution in [0, 0.1) is 5.92 Å². The molecule has 1 N–H and O–H groups in total. The normalized spacial score (nSPS) is 15.7. The van der Waals surface area contributed by atoms with Crippen LogP contribution in [-0.4, -0.2) is 42.1 Å². The number of likely N-dealkylation sites (tertiary alicyclic amines) is 1. The topological polar surface area (TPSA) is 58.6 Å². The van der Waals surface area contributed by atoms with Crippen LogP contribution in [0.5, 0.6) is 0 Å². The van der Waals surface area contributed by atoms with E-state index in [-0.39, 0.29) is 5.91 Å². The van der Waals surface area contributed by atoms with E-state index in [1.807, 2.05) is 31.7 Å². The van der Waals surface area contributed by atoms with Crippen molar-refractivity contribution >= 4 is 12.0 Å². The summed E-state index contributed by atoms with van der Waals surface area (Å²) in [6, 6.07) is 10.5. The highest BCUT2D eigenvalue weighted by Crippen LogP contribution is 2.22. The predicted molar refractivity (Wildman–Crippen MR) is 98.3 cm³/mol. The largest absolute Gasteiger partial charge is 0.444 e. The van der Waals surface area contributed by atoms with Gasteiger partial charge in [-0.15, -0.1) is 0 Å². The lowest BCUT2D eigenvalue weighted by Gasteiger charge is -2.32. The Morgan fingerprint density at radius 2 is 1.80 bits per heavy atom. The van der Waals surface area contributed by atoms with Crippen molar-refractivity contribution in [1.29, 1.82) is 0 Å². The Morgan fingerprint density at radius 1 is 1.16 bits per heavy atom. The third-order valence-electron chi connectivity index (χ3n) is 4.34. The number of carbonyl (C=O) groups excluding carboxylic acids is 2. The van der Waals surface area contributed by atoms with Crippen molar-refractivity contribution in [3.05, 3.63) is 35.9 Å². The van der Waals surface area contributed by atoms with Crippen LogP contribution >= 0.6 is 0 Å². The Hall–Kier alpha value is -2.04. The molecule has 1 saturated heterocycles. The van der Waals surface area contributed by atoms with Crippen molar-refractivity contribution in [2.45, 2.75) is 52.1 Å². The van der Waals surface area contributed by atoms with Gasteiger partial charge in [0.1, 0.15) is 5.60 Å². The molecule has 1 aliphatic rings. The first-order valence-electron chi connectivity index (χ1n) is 9.12. The Bertz CT molecular complexity index is 558. The van der Waals surface area contributed by atoms with Gasteiger partial charge in [0.05, 0.1) is 0 Å². The zero-order chi connectivity index (χ0) is 18.3. The summed E-state index contributed by atoms with van der Waals surface area (Å²) in [6.07, 6.45) is 3.02. The van der Waals surface area contributed by atoms with Crippen LogP contribution in [-0.2, 0) is 16.0 Å². The maximum absolute atomic E-state index is 12.3. The van der Waals surface area contributed by atoms with Gasteiger partial charge < -0.3 is 15.0 Å². The third kappa shape index (κ3) is 7.16. The van der Waals surface area contributed by atoms with Crippen molar-refractivity contribution in [3.8, 4) is 0 Å². The van der Waals surface area contributed by atoms with Gasteiger partial charge in [0.15, 0.2) is 0 Å². The minimum Gasteiger partial charge on any atom is -0.444 e. The minimum absolute atomic E-state index is 0.106. The van der Waals surface area contributed by atoms with E-state index in [0.29, 0.717) is 18.9 Å². The predicted octanol–water partition coefficient (Wildman–Crippen LogP) is 3.38. The van der Waals surface area contributed by atoms with Gasteiger partial charge in [-0.1, -0.05) is 30.3 Å². The summed E-state index contributed by atoms with van der Waals surface area (Å²) in [5.74, 6) is 0.751. The van der Waals surface area contributed by atoms with Crippen LogP contribution in [0.2, 0.25) is 0 Å². The number of benzene rings is 1. The molecular formula is C20H30N2O3.